The number of hydrogen-bond acceptors (Lipinski definition) is 4. The van der Waals surface area contributed by atoms with Gasteiger partial charge in [-0.3, -0.25) is 9.59 Å². The number of nitrogens with one attached hydrogen (secondary N) is 2. The molecular formula is C23H20N2O5. The molecule has 1 aromatic heterocycles. The predicted molar refractivity (Wildman–Crippen MR) is 110 cm³/mol. The summed E-state index contributed by atoms with van der Waals surface area (Å²) in [4.78, 5) is 37.0. The van der Waals surface area contributed by atoms with Crippen molar-refractivity contribution in [3.63, 3.8) is 0 Å². The third kappa shape index (κ3) is 5.68. The van der Waals surface area contributed by atoms with Crippen LogP contribution in [-0.4, -0.2) is 28.9 Å². The summed E-state index contributed by atoms with van der Waals surface area (Å²) in [5.74, 6) is -2.08. The molecule has 3 rings (SSSR count). The lowest BCUT2D eigenvalue weighted by Crippen LogP contribution is -2.45. The minimum absolute atomic E-state index is 0.0998. The molecule has 1 atom stereocenters. The Balaban J connectivity index is 1.80. The maximum atomic E-state index is 12.8. The highest BCUT2D eigenvalue weighted by molar-refractivity contribution is 6.05. The number of aliphatic carboxylic acids is 1. The summed E-state index contributed by atoms with van der Waals surface area (Å²) in [6.07, 6.45) is 2.87. The topological polar surface area (TPSA) is 109 Å². The third-order valence-corrected chi connectivity index (χ3v) is 4.24. The van der Waals surface area contributed by atoms with E-state index in [9.17, 15) is 19.5 Å². The van der Waals surface area contributed by atoms with E-state index >= 15 is 0 Å². The van der Waals surface area contributed by atoms with Crippen molar-refractivity contribution in [2.75, 3.05) is 0 Å². The van der Waals surface area contributed by atoms with Gasteiger partial charge in [-0.15, -0.1) is 0 Å². The zero-order valence-corrected chi connectivity index (χ0v) is 15.9. The molecule has 2 aromatic carbocycles. The molecule has 0 spiro atoms. The molecule has 3 N–H and O–H groups in total. The van der Waals surface area contributed by atoms with Gasteiger partial charge in [-0.2, -0.15) is 0 Å². The van der Waals surface area contributed by atoms with Gasteiger partial charge in [0.05, 0.1) is 6.26 Å². The van der Waals surface area contributed by atoms with Crippen LogP contribution in [0.5, 0.6) is 0 Å². The van der Waals surface area contributed by atoms with Crippen molar-refractivity contribution in [3.8, 4) is 0 Å². The van der Waals surface area contributed by atoms with E-state index in [1.165, 1.54) is 12.3 Å². The quantitative estimate of drug-likeness (QED) is 0.500. The summed E-state index contributed by atoms with van der Waals surface area (Å²) in [6, 6.07) is 19.4. The number of carbonyl (C=O) groups is 3. The number of carbonyl (C=O) groups excluding carboxylic acids is 2. The van der Waals surface area contributed by atoms with Gasteiger partial charge in [0.2, 0.25) is 0 Å². The maximum absolute atomic E-state index is 12.8. The summed E-state index contributed by atoms with van der Waals surface area (Å²) < 4.78 is 5.23. The Bertz CT molecular complexity index is 1030. The minimum Gasteiger partial charge on any atom is -0.480 e. The van der Waals surface area contributed by atoms with E-state index < -0.39 is 23.8 Å². The zero-order chi connectivity index (χ0) is 21.3. The normalized spacial score (nSPS) is 12.1. The van der Waals surface area contributed by atoms with E-state index in [-0.39, 0.29) is 12.1 Å². The van der Waals surface area contributed by atoms with E-state index in [0.717, 1.165) is 5.56 Å². The van der Waals surface area contributed by atoms with Crippen LogP contribution in [-0.2, 0) is 16.0 Å². The molecule has 0 aliphatic carbocycles. The van der Waals surface area contributed by atoms with Crippen LogP contribution in [0.15, 0.2) is 89.2 Å². The molecule has 1 heterocycles. The van der Waals surface area contributed by atoms with E-state index in [1.54, 1.807) is 66.7 Å². The van der Waals surface area contributed by atoms with Gasteiger partial charge < -0.3 is 20.2 Å². The molecular weight excluding hydrogens is 384 g/mol. The number of amides is 2. The van der Waals surface area contributed by atoms with Crippen LogP contribution in [0.2, 0.25) is 0 Å². The minimum atomic E-state index is -1.18. The van der Waals surface area contributed by atoms with Crippen molar-refractivity contribution >= 4 is 23.9 Å². The highest BCUT2D eigenvalue weighted by Gasteiger charge is 2.23. The van der Waals surface area contributed by atoms with Crippen LogP contribution < -0.4 is 10.6 Å². The standard InChI is InChI=1S/C23H20N2O5/c26-21(17-10-5-2-6-11-17)24-19(15-18-12-7-13-30-18)22(27)25-20(23(28)29)14-16-8-3-1-4-9-16/h1-13,15,20H,14H2,(H,24,26)(H,25,27)(H,28,29)/b19-15-. The lowest BCUT2D eigenvalue weighted by atomic mass is 10.1. The molecule has 1 unspecified atom stereocenters. The van der Waals surface area contributed by atoms with Crippen LogP contribution in [0.1, 0.15) is 21.7 Å². The van der Waals surface area contributed by atoms with Crippen molar-refractivity contribution in [1.29, 1.82) is 0 Å². The number of carboxylic acid groups (broad SMARTS) is 1. The molecule has 0 radical (unpaired) electrons. The molecule has 152 valence electrons. The van der Waals surface area contributed by atoms with Crippen LogP contribution >= 0.6 is 0 Å². The molecule has 0 aliphatic rings. The van der Waals surface area contributed by atoms with Crippen LogP contribution in [0.25, 0.3) is 6.08 Å². The zero-order valence-electron chi connectivity index (χ0n) is 15.9. The first kappa shape index (κ1) is 20.6. The fourth-order valence-electron chi connectivity index (χ4n) is 2.74. The first-order valence-corrected chi connectivity index (χ1v) is 9.22. The van der Waals surface area contributed by atoms with Gasteiger partial charge >= 0.3 is 5.97 Å². The molecule has 0 fully saturated rings. The molecule has 30 heavy (non-hydrogen) atoms. The second-order valence-electron chi connectivity index (χ2n) is 6.45. The molecule has 2 amide bonds. The SMILES string of the molecule is O=C(NC(Cc1ccccc1)C(=O)O)/C(=C/c1ccco1)NC(=O)c1ccccc1. The largest absolute Gasteiger partial charge is 0.480 e. The second-order valence-corrected chi connectivity index (χ2v) is 6.45. The number of hydrogen-bond donors (Lipinski definition) is 3. The summed E-state index contributed by atoms with van der Waals surface area (Å²) in [7, 11) is 0. The summed E-state index contributed by atoms with van der Waals surface area (Å²) in [5, 5.41) is 14.5. The van der Waals surface area contributed by atoms with Crippen LogP contribution in [0.3, 0.4) is 0 Å². The van der Waals surface area contributed by atoms with E-state index in [0.29, 0.717) is 11.3 Å². The van der Waals surface area contributed by atoms with Gasteiger partial charge in [-0.1, -0.05) is 48.5 Å². The van der Waals surface area contributed by atoms with Crippen molar-refractivity contribution in [1.82, 2.24) is 10.6 Å². The number of carboxylic acids is 1. The number of furan rings is 1. The Hall–Kier alpha value is -4.13. The van der Waals surface area contributed by atoms with Gasteiger partial charge in [-0.25, -0.2) is 4.79 Å². The number of benzene rings is 2. The Labute approximate surface area is 173 Å². The molecule has 0 bridgehead atoms. The second kappa shape index (κ2) is 9.88. The fraction of sp³-hybridized carbons (Fsp3) is 0.0870. The van der Waals surface area contributed by atoms with Crippen LogP contribution in [0.4, 0.5) is 0 Å². The lowest BCUT2D eigenvalue weighted by molar-refractivity contribution is -0.141. The molecule has 0 saturated heterocycles. The molecule has 7 nitrogen and oxygen atoms in total. The van der Waals surface area contributed by atoms with Gasteiger partial charge in [0.25, 0.3) is 11.8 Å². The average molecular weight is 404 g/mol. The van der Waals surface area contributed by atoms with E-state index in [2.05, 4.69) is 10.6 Å². The lowest BCUT2D eigenvalue weighted by Gasteiger charge is -2.16. The molecule has 0 aliphatic heterocycles. The highest BCUT2D eigenvalue weighted by Crippen LogP contribution is 2.09. The number of rotatable bonds is 8. The Morgan fingerprint density at radius 2 is 1.60 bits per heavy atom. The maximum Gasteiger partial charge on any atom is 0.326 e. The smallest absolute Gasteiger partial charge is 0.326 e. The fourth-order valence-corrected chi connectivity index (χ4v) is 2.74. The summed E-state index contributed by atoms with van der Waals surface area (Å²) in [5.41, 5.74) is 0.989. The molecule has 3 aromatic rings. The average Bonchev–Trinajstić information content (AvgIpc) is 3.27. The Morgan fingerprint density at radius 3 is 2.20 bits per heavy atom. The summed E-state index contributed by atoms with van der Waals surface area (Å²) in [6.45, 7) is 0. The van der Waals surface area contributed by atoms with Crippen molar-refractivity contribution in [2.24, 2.45) is 0 Å². The predicted octanol–water partition coefficient (Wildman–Crippen LogP) is 2.86. The van der Waals surface area contributed by atoms with E-state index in [4.69, 9.17) is 4.42 Å². The first-order chi connectivity index (χ1) is 14.5. The van der Waals surface area contributed by atoms with Crippen molar-refractivity contribution in [3.05, 3.63) is 102 Å². The monoisotopic (exact) mass is 404 g/mol. The van der Waals surface area contributed by atoms with Gasteiger partial charge in [-0.05, 0) is 29.8 Å². The Morgan fingerprint density at radius 1 is 0.933 bits per heavy atom. The third-order valence-electron chi connectivity index (χ3n) is 4.24. The summed E-state index contributed by atoms with van der Waals surface area (Å²) >= 11 is 0. The van der Waals surface area contributed by atoms with Crippen molar-refractivity contribution in [2.45, 2.75) is 12.5 Å². The van der Waals surface area contributed by atoms with Gasteiger partial charge in [0.15, 0.2) is 0 Å². The Kier molecular flexibility index (Phi) is 6.78. The van der Waals surface area contributed by atoms with Crippen molar-refractivity contribution < 1.29 is 23.9 Å². The molecule has 7 heteroatoms. The van der Waals surface area contributed by atoms with Gasteiger partial charge in [0.1, 0.15) is 17.5 Å². The van der Waals surface area contributed by atoms with E-state index in [1.807, 2.05) is 6.07 Å². The first-order valence-electron chi connectivity index (χ1n) is 9.22. The molecule has 0 saturated carbocycles. The van der Waals surface area contributed by atoms with Crippen LogP contribution in [0, 0.1) is 0 Å². The highest BCUT2D eigenvalue weighted by atomic mass is 16.4. The van der Waals surface area contributed by atoms with Gasteiger partial charge in [0, 0.05) is 18.1 Å².